The van der Waals surface area contributed by atoms with Gasteiger partial charge in [-0.15, -0.1) is 0 Å². The second-order valence-corrected chi connectivity index (χ2v) is 4.99. The van der Waals surface area contributed by atoms with Gasteiger partial charge in [0.25, 0.3) is 0 Å². The number of halogens is 4. The molecule has 0 aliphatic heterocycles. The fourth-order valence-corrected chi connectivity index (χ4v) is 2.15. The number of hydrogen-bond donors (Lipinski definition) is 0. The summed E-state index contributed by atoms with van der Waals surface area (Å²) in [4.78, 5) is 15.9. The van der Waals surface area contributed by atoms with Gasteiger partial charge < -0.3 is 4.42 Å². The Balaban J connectivity index is 2.22. The highest BCUT2D eigenvalue weighted by Crippen LogP contribution is 2.34. The molecular formula is C15H7ClF3NO2. The molecule has 0 atom stereocenters. The SMILES string of the molecule is O=c1oc(-c2cccc(C(F)(F)Cl)c2)nc2cccc(F)c12. The lowest BCUT2D eigenvalue weighted by Crippen LogP contribution is -2.06. The van der Waals surface area contributed by atoms with Gasteiger partial charge >= 0.3 is 11.0 Å². The van der Waals surface area contributed by atoms with Crippen LogP contribution in [0.1, 0.15) is 5.56 Å². The molecule has 0 unspecified atom stereocenters. The van der Waals surface area contributed by atoms with Crippen molar-refractivity contribution in [1.82, 2.24) is 4.98 Å². The van der Waals surface area contributed by atoms with Gasteiger partial charge in [0.2, 0.25) is 5.89 Å². The molecule has 7 heteroatoms. The molecule has 2 aromatic carbocycles. The standard InChI is InChI=1S/C15H7ClF3NO2/c16-15(18,19)9-4-1-3-8(7-9)13-20-11-6-2-5-10(17)12(11)14(21)22-13/h1-7H. The molecule has 0 bridgehead atoms. The number of fused-ring (bicyclic) bond motifs is 1. The van der Waals surface area contributed by atoms with E-state index in [1.165, 1.54) is 24.3 Å². The van der Waals surface area contributed by atoms with Crippen LogP contribution in [0.3, 0.4) is 0 Å². The number of aromatic nitrogens is 1. The third kappa shape index (κ3) is 2.57. The fourth-order valence-electron chi connectivity index (χ4n) is 2.03. The highest BCUT2D eigenvalue weighted by Gasteiger charge is 2.28. The molecule has 22 heavy (non-hydrogen) atoms. The van der Waals surface area contributed by atoms with Gasteiger partial charge in [0.15, 0.2) is 0 Å². The first kappa shape index (κ1) is 14.6. The van der Waals surface area contributed by atoms with Crippen molar-refractivity contribution in [1.29, 1.82) is 0 Å². The van der Waals surface area contributed by atoms with Crippen molar-refractivity contribution in [2.24, 2.45) is 0 Å². The van der Waals surface area contributed by atoms with Gasteiger partial charge in [-0.2, -0.15) is 8.78 Å². The Morgan fingerprint density at radius 1 is 1.14 bits per heavy atom. The molecule has 0 aliphatic rings. The third-order valence-electron chi connectivity index (χ3n) is 3.04. The van der Waals surface area contributed by atoms with Crippen molar-refractivity contribution in [3.05, 3.63) is 64.3 Å². The first-order valence-corrected chi connectivity index (χ1v) is 6.51. The van der Waals surface area contributed by atoms with E-state index in [-0.39, 0.29) is 22.4 Å². The summed E-state index contributed by atoms with van der Waals surface area (Å²) in [6, 6.07) is 8.88. The van der Waals surface area contributed by atoms with Gasteiger partial charge in [-0.25, -0.2) is 14.2 Å². The largest absolute Gasteiger partial charge is 0.403 e. The summed E-state index contributed by atoms with van der Waals surface area (Å²) < 4.78 is 44.8. The van der Waals surface area contributed by atoms with Crippen molar-refractivity contribution in [2.45, 2.75) is 5.38 Å². The van der Waals surface area contributed by atoms with Crippen LogP contribution in [-0.4, -0.2) is 4.98 Å². The van der Waals surface area contributed by atoms with Crippen LogP contribution in [0.4, 0.5) is 13.2 Å². The van der Waals surface area contributed by atoms with Crippen molar-refractivity contribution in [3.8, 4) is 11.5 Å². The Morgan fingerprint density at radius 2 is 1.86 bits per heavy atom. The van der Waals surface area contributed by atoms with Gasteiger partial charge in [0.1, 0.15) is 11.2 Å². The van der Waals surface area contributed by atoms with E-state index in [4.69, 9.17) is 16.0 Å². The second kappa shape index (κ2) is 5.14. The molecule has 112 valence electrons. The maximum atomic E-state index is 13.6. The van der Waals surface area contributed by atoms with Gasteiger partial charge in [0, 0.05) is 11.1 Å². The van der Waals surface area contributed by atoms with E-state index < -0.39 is 22.4 Å². The number of hydrogen-bond acceptors (Lipinski definition) is 3. The van der Waals surface area contributed by atoms with Gasteiger partial charge in [-0.3, -0.25) is 0 Å². The van der Waals surface area contributed by atoms with E-state index in [0.29, 0.717) is 0 Å². The summed E-state index contributed by atoms with van der Waals surface area (Å²) in [6.07, 6.45) is 0. The Morgan fingerprint density at radius 3 is 2.59 bits per heavy atom. The lowest BCUT2D eigenvalue weighted by Gasteiger charge is -2.09. The zero-order chi connectivity index (χ0) is 15.9. The van der Waals surface area contributed by atoms with Crippen LogP contribution in [0.5, 0.6) is 0 Å². The predicted molar refractivity (Wildman–Crippen MR) is 75.4 cm³/mol. The average Bonchev–Trinajstić information content (AvgIpc) is 2.46. The van der Waals surface area contributed by atoms with Crippen LogP contribution in [0.15, 0.2) is 51.7 Å². The van der Waals surface area contributed by atoms with E-state index in [1.54, 1.807) is 0 Å². The van der Waals surface area contributed by atoms with E-state index in [2.05, 4.69) is 4.98 Å². The molecule has 0 saturated heterocycles. The molecule has 0 radical (unpaired) electrons. The lowest BCUT2D eigenvalue weighted by molar-refractivity contribution is 0.0952. The predicted octanol–water partition coefficient (Wildman–Crippen LogP) is 4.28. The zero-order valence-corrected chi connectivity index (χ0v) is 11.6. The lowest BCUT2D eigenvalue weighted by atomic mass is 10.1. The van der Waals surface area contributed by atoms with Gasteiger partial charge in [-0.1, -0.05) is 18.2 Å². The molecule has 3 aromatic rings. The van der Waals surface area contributed by atoms with Crippen molar-refractivity contribution in [2.75, 3.05) is 0 Å². The minimum absolute atomic E-state index is 0.0780. The van der Waals surface area contributed by atoms with Crippen molar-refractivity contribution >= 4 is 22.5 Å². The monoisotopic (exact) mass is 325 g/mol. The summed E-state index contributed by atoms with van der Waals surface area (Å²) >= 11 is 4.97. The second-order valence-electron chi connectivity index (χ2n) is 4.52. The number of rotatable bonds is 2. The van der Waals surface area contributed by atoms with E-state index in [0.717, 1.165) is 18.2 Å². The van der Waals surface area contributed by atoms with Crippen LogP contribution >= 0.6 is 11.6 Å². The fraction of sp³-hybridized carbons (Fsp3) is 0.0667. The van der Waals surface area contributed by atoms with Crippen LogP contribution in [0, 0.1) is 5.82 Å². The molecule has 1 heterocycles. The van der Waals surface area contributed by atoms with E-state index in [1.807, 2.05) is 0 Å². The molecule has 3 rings (SSSR count). The molecular weight excluding hydrogens is 319 g/mol. The minimum atomic E-state index is -3.56. The summed E-state index contributed by atoms with van der Waals surface area (Å²) in [5.41, 5.74) is -1.17. The Labute approximate surface area is 127 Å². The highest BCUT2D eigenvalue weighted by molar-refractivity contribution is 6.21. The van der Waals surface area contributed by atoms with Crippen LogP contribution in [0.2, 0.25) is 0 Å². The molecule has 0 saturated carbocycles. The highest BCUT2D eigenvalue weighted by atomic mass is 35.5. The molecule has 0 amide bonds. The molecule has 3 nitrogen and oxygen atoms in total. The maximum absolute atomic E-state index is 13.6. The number of alkyl halides is 3. The Hall–Kier alpha value is -2.34. The Bertz CT molecular complexity index is 919. The minimum Gasteiger partial charge on any atom is -0.403 e. The topological polar surface area (TPSA) is 43.1 Å². The smallest absolute Gasteiger partial charge is 0.350 e. The van der Waals surface area contributed by atoms with Crippen LogP contribution < -0.4 is 5.63 Å². The van der Waals surface area contributed by atoms with E-state index in [9.17, 15) is 18.0 Å². The first-order chi connectivity index (χ1) is 10.4. The summed E-state index contributed by atoms with van der Waals surface area (Å²) in [5.74, 6) is -0.947. The van der Waals surface area contributed by atoms with Gasteiger partial charge in [-0.05, 0) is 35.9 Å². The number of nitrogens with zero attached hydrogens (tertiary/aromatic N) is 1. The van der Waals surface area contributed by atoms with Crippen LogP contribution in [0.25, 0.3) is 22.4 Å². The van der Waals surface area contributed by atoms with Crippen molar-refractivity contribution < 1.29 is 17.6 Å². The normalized spacial score (nSPS) is 11.8. The molecule has 0 fully saturated rings. The maximum Gasteiger partial charge on any atom is 0.350 e. The molecule has 1 aromatic heterocycles. The summed E-state index contributed by atoms with van der Waals surface area (Å²) in [7, 11) is 0. The number of benzene rings is 2. The summed E-state index contributed by atoms with van der Waals surface area (Å²) in [6.45, 7) is 0. The van der Waals surface area contributed by atoms with Gasteiger partial charge in [0.05, 0.1) is 5.52 Å². The Kier molecular flexibility index (Phi) is 3.41. The van der Waals surface area contributed by atoms with E-state index >= 15 is 0 Å². The first-order valence-electron chi connectivity index (χ1n) is 6.13. The molecule has 0 spiro atoms. The summed E-state index contributed by atoms with van der Waals surface area (Å²) in [5, 5.41) is -3.84. The quantitative estimate of drug-likeness (QED) is 0.660. The average molecular weight is 326 g/mol. The third-order valence-corrected chi connectivity index (χ3v) is 3.26. The van der Waals surface area contributed by atoms with Crippen LogP contribution in [-0.2, 0) is 5.38 Å². The molecule has 0 aliphatic carbocycles. The molecule has 0 N–H and O–H groups in total. The zero-order valence-electron chi connectivity index (χ0n) is 10.8. The van der Waals surface area contributed by atoms with Crippen molar-refractivity contribution in [3.63, 3.8) is 0 Å².